The highest BCUT2D eigenvalue weighted by Crippen LogP contribution is 2.59. The summed E-state index contributed by atoms with van der Waals surface area (Å²) in [5.74, 6) is -0.409. The lowest BCUT2D eigenvalue weighted by molar-refractivity contribution is 0.261. The topological polar surface area (TPSA) is 80.9 Å². The van der Waals surface area contributed by atoms with Crippen molar-refractivity contribution in [1.29, 1.82) is 0 Å². The number of phenols is 4. The van der Waals surface area contributed by atoms with Crippen molar-refractivity contribution in [3.05, 3.63) is 46.5 Å². The average Bonchev–Trinajstić information content (AvgIpc) is 2.72. The van der Waals surface area contributed by atoms with Crippen molar-refractivity contribution >= 4 is 0 Å². The molecule has 0 saturated carbocycles. The number of hydrogen-bond acceptors (Lipinski definition) is 4. The van der Waals surface area contributed by atoms with Crippen molar-refractivity contribution in [2.24, 2.45) is 0 Å². The van der Waals surface area contributed by atoms with Crippen LogP contribution in [0.25, 0.3) is 0 Å². The first-order valence-electron chi connectivity index (χ1n) is 12.4. The summed E-state index contributed by atoms with van der Waals surface area (Å²) in [5.41, 5.74) is 3.57. The maximum Gasteiger partial charge on any atom is 0.157 e. The molecule has 2 aromatic rings. The van der Waals surface area contributed by atoms with E-state index in [2.05, 4.69) is 55.4 Å². The van der Waals surface area contributed by atoms with Gasteiger partial charge in [0, 0.05) is 5.41 Å². The van der Waals surface area contributed by atoms with Crippen molar-refractivity contribution in [2.45, 2.75) is 110 Å². The summed E-state index contributed by atoms with van der Waals surface area (Å²) in [6.45, 7) is 17.2. The fourth-order valence-electron chi connectivity index (χ4n) is 5.20. The molecule has 0 aromatic heterocycles. The van der Waals surface area contributed by atoms with E-state index in [1.54, 1.807) is 24.3 Å². The van der Waals surface area contributed by atoms with Crippen molar-refractivity contribution in [2.75, 3.05) is 0 Å². The van der Waals surface area contributed by atoms with E-state index in [1.165, 1.54) is 12.8 Å². The van der Waals surface area contributed by atoms with Gasteiger partial charge in [0.1, 0.15) is 0 Å². The minimum Gasteiger partial charge on any atom is -0.504 e. The lowest BCUT2D eigenvalue weighted by atomic mass is 9.52. The van der Waals surface area contributed by atoms with Crippen LogP contribution < -0.4 is 0 Å². The first kappa shape index (κ1) is 26.9. The minimum absolute atomic E-state index is 0.0937. The fourth-order valence-corrected chi connectivity index (χ4v) is 5.20. The molecule has 2 aliphatic rings. The van der Waals surface area contributed by atoms with Gasteiger partial charge in [0.25, 0.3) is 0 Å². The first-order valence-corrected chi connectivity index (χ1v) is 12.4. The first-order chi connectivity index (χ1) is 15.3. The maximum absolute atomic E-state index is 10.3. The van der Waals surface area contributed by atoms with Crippen LogP contribution in [0, 0.1) is 0 Å². The summed E-state index contributed by atoms with van der Waals surface area (Å²) >= 11 is 0. The van der Waals surface area contributed by atoms with Crippen LogP contribution in [-0.4, -0.2) is 20.4 Å². The number of benzene rings is 2. The van der Waals surface area contributed by atoms with Crippen LogP contribution in [0.4, 0.5) is 0 Å². The van der Waals surface area contributed by atoms with Gasteiger partial charge < -0.3 is 20.4 Å². The largest absolute Gasteiger partial charge is 0.504 e. The average molecular weight is 457 g/mol. The molecule has 0 unspecified atom stereocenters. The van der Waals surface area contributed by atoms with Gasteiger partial charge in [-0.05, 0) is 83.0 Å². The molecular weight excluding hydrogens is 412 g/mol. The number of rotatable bonds is 0. The number of phenolic OH excluding ortho intramolecular Hbond substituents is 4. The zero-order valence-electron chi connectivity index (χ0n) is 21.8. The summed E-state index contributed by atoms with van der Waals surface area (Å²) in [7, 11) is 0. The van der Waals surface area contributed by atoms with E-state index in [-0.39, 0.29) is 39.2 Å². The Kier molecular flexibility index (Phi) is 8.04. The van der Waals surface area contributed by atoms with E-state index < -0.39 is 0 Å². The molecule has 2 aliphatic carbocycles. The summed E-state index contributed by atoms with van der Waals surface area (Å²) in [6.07, 6.45) is 6.16. The summed E-state index contributed by atoms with van der Waals surface area (Å²) in [6, 6.07) is 6.81. The van der Waals surface area contributed by atoms with Crippen molar-refractivity contribution in [3.63, 3.8) is 0 Å². The van der Waals surface area contributed by atoms with E-state index in [1.807, 2.05) is 0 Å². The SMILES string of the molecule is CC1(C)CCC2(CCC(C)(C)c3cc(O)c(O)cc32)c2cc(O)c(O)cc21.CCC.CCC. The van der Waals surface area contributed by atoms with Gasteiger partial charge in [0.2, 0.25) is 0 Å². The lowest BCUT2D eigenvalue weighted by Crippen LogP contribution is -2.44. The molecule has 2 aromatic carbocycles. The molecule has 0 atom stereocenters. The van der Waals surface area contributed by atoms with Crippen molar-refractivity contribution < 1.29 is 20.4 Å². The number of hydrogen-bond donors (Lipinski definition) is 4. The van der Waals surface area contributed by atoms with Crippen LogP contribution >= 0.6 is 0 Å². The van der Waals surface area contributed by atoms with Crippen molar-refractivity contribution in [3.8, 4) is 23.0 Å². The van der Waals surface area contributed by atoms with Gasteiger partial charge in [0.05, 0.1) is 0 Å². The van der Waals surface area contributed by atoms with Crippen LogP contribution in [-0.2, 0) is 16.2 Å². The molecule has 33 heavy (non-hydrogen) atoms. The molecular formula is C29H44O4. The van der Waals surface area contributed by atoms with Gasteiger partial charge in [0.15, 0.2) is 23.0 Å². The molecule has 4 nitrogen and oxygen atoms in total. The Morgan fingerprint density at radius 3 is 1.03 bits per heavy atom. The van der Waals surface area contributed by atoms with Gasteiger partial charge in [-0.3, -0.25) is 0 Å². The molecule has 0 amide bonds. The second kappa shape index (κ2) is 9.87. The van der Waals surface area contributed by atoms with Crippen LogP contribution in [0.5, 0.6) is 23.0 Å². The minimum atomic E-state index is -0.341. The number of aromatic hydroxyl groups is 4. The lowest BCUT2D eigenvalue weighted by Gasteiger charge is -2.51. The van der Waals surface area contributed by atoms with E-state index in [9.17, 15) is 20.4 Å². The normalized spacial score (nSPS) is 18.7. The Bertz CT molecular complexity index is 893. The Morgan fingerprint density at radius 1 is 0.515 bits per heavy atom. The van der Waals surface area contributed by atoms with Crippen LogP contribution in [0.15, 0.2) is 24.3 Å². The monoisotopic (exact) mass is 456 g/mol. The predicted octanol–water partition coefficient (Wildman–Crippen LogP) is 7.77. The van der Waals surface area contributed by atoms with Crippen molar-refractivity contribution in [1.82, 2.24) is 0 Å². The van der Waals surface area contributed by atoms with Gasteiger partial charge in [-0.1, -0.05) is 68.2 Å². The van der Waals surface area contributed by atoms with Gasteiger partial charge in [-0.25, -0.2) is 0 Å². The Hall–Kier alpha value is -2.36. The van der Waals surface area contributed by atoms with Gasteiger partial charge in [-0.2, -0.15) is 0 Å². The van der Waals surface area contributed by atoms with Gasteiger partial charge in [-0.15, -0.1) is 0 Å². The quantitative estimate of drug-likeness (QED) is 0.305. The molecule has 184 valence electrons. The Balaban J connectivity index is 0.000000582. The zero-order chi connectivity index (χ0) is 25.2. The standard InChI is InChI=1S/C23H28O4.2C3H8/c1-21(2)5-7-23(15-11-19(26)17(24)9-13(15)21)8-6-22(3,4)14-10-18(25)20(27)12-16(14)23;2*1-3-2/h9-12,24-27H,5-8H2,1-4H3;2*3H2,1-2H3. The maximum atomic E-state index is 10.3. The highest BCUT2D eigenvalue weighted by molar-refractivity contribution is 5.61. The second-order valence-corrected chi connectivity index (χ2v) is 11.0. The van der Waals surface area contributed by atoms with E-state index in [4.69, 9.17) is 0 Å². The summed E-state index contributed by atoms with van der Waals surface area (Å²) in [5, 5.41) is 40.8. The van der Waals surface area contributed by atoms with E-state index >= 15 is 0 Å². The molecule has 0 radical (unpaired) electrons. The smallest absolute Gasteiger partial charge is 0.157 e. The highest BCUT2D eigenvalue weighted by Gasteiger charge is 2.50. The molecule has 0 saturated heterocycles. The third-order valence-electron chi connectivity index (χ3n) is 7.07. The third-order valence-corrected chi connectivity index (χ3v) is 7.07. The molecule has 4 N–H and O–H groups in total. The molecule has 0 heterocycles. The third kappa shape index (κ3) is 4.95. The molecule has 1 spiro atoms. The molecule has 4 heteroatoms. The molecule has 0 aliphatic heterocycles. The van der Waals surface area contributed by atoms with E-state index in [0.717, 1.165) is 47.9 Å². The Labute approximate surface area is 200 Å². The van der Waals surface area contributed by atoms with Crippen LogP contribution in [0.2, 0.25) is 0 Å². The van der Waals surface area contributed by atoms with Crippen LogP contribution in [0.1, 0.15) is 116 Å². The highest BCUT2D eigenvalue weighted by atomic mass is 16.3. The van der Waals surface area contributed by atoms with E-state index in [0.29, 0.717) is 0 Å². The molecule has 4 rings (SSSR count). The summed E-state index contributed by atoms with van der Waals surface area (Å²) < 4.78 is 0. The predicted molar refractivity (Wildman–Crippen MR) is 137 cm³/mol. The molecule has 0 bridgehead atoms. The number of fused-ring (bicyclic) bond motifs is 4. The molecule has 0 fully saturated rings. The second-order valence-electron chi connectivity index (χ2n) is 11.0. The fraction of sp³-hybridized carbons (Fsp3) is 0.586. The Morgan fingerprint density at radius 2 is 0.758 bits per heavy atom. The summed E-state index contributed by atoms with van der Waals surface area (Å²) in [4.78, 5) is 0. The van der Waals surface area contributed by atoms with Gasteiger partial charge >= 0.3 is 0 Å². The zero-order valence-corrected chi connectivity index (χ0v) is 21.8. The van der Waals surface area contributed by atoms with Crippen LogP contribution in [0.3, 0.4) is 0 Å².